The number of hydrogen-bond acceptors (Lipinski definition) is 4. The van der Waals surface area contributed by atoms with Gasteiger partial charge in [0.2, 0.25) is 0 Å². The third-order valence-corrected chi connectivity index (χ3v) is 4.95. The lowest BCUT2D eigenvalue weighted by atomic mass is 10.0. The van der Waals surface area contributed by atoms with Gasteiger partial charge in [-0.25, -0.2) is 4.98 Å². The van der Waals surface area contributed by atoms with Crippen molar-refractivity contribution in [2.75, 3.05) is 20.6 Å². The van der Waals surface area contributed by atoms with Crippen LogP contribution in [0.5, 0.6) is 0 Å². The number of nitrogens with zero attached hydrogens (tertiary/aromatic N) is 2. The summed E-state index contributed by atoms with van der Waals surface area (Å²) in [6, 6.07) is 8.60. The van der Waals surface area contributed by atoms with Crippen LogP contribution < -0.4 is 5.32 Å². The van der Waals surface area contributed by atoms with E-state index in [1.54, 1.807) is 11.3 Å². The minimum atomic E-state index is 0.144. The van der Waals surface area contributed by atoms with Crippen molar-refractivity contribution in [2.24, 2.45) is 0 Å². The lowest BCUT2D eigenvalue weighted by Crippen LogP contribution is -2.47. The average molecular weight is 277 g/mol. The molecule has 1 atom stereocenters. The standard InChI is InChI=1S/C15H23N3S/c1-11(16-10-15(2,3)18(4)5)14-17-12-8-6-7-9-13(12)19-14/h6-9,11,16H,10H2,1-5H3. The average Bonchev–Trinajstić information content (AvgIpc) is 2.79. The van der Waals surface area contributed by atoms with Crippen molar-refractivity contribution >= 4 is 21.6 Å². The Morgan fingerprint density at radius 1 is 1.32 bits per heavy atom. The van der Waals surface area contributed by atoms with E-state index in [-0.39, 0.29) is 11.6 Å². The second-order valence-corrected chi connectivity index (χ2v) is 6.89. The van der Waals surface area contributed by atoms with Crippen LogP contribution in [0.4, 0.5) is 0 Å². The van der Waals surface area contributed by atoms with Crippen LogP contribution in [-0.4, -0.2) is 36.1 Å². The summed E-state index contributed by atoms with van der Waals surface area (Å²) < 4.78 is 1.26. The molecular formula is C15H23N3S. The molecule has 104 valence electrons. The molecule has 0 aliphatic heterocycles. The summed E-state index contributed by atoms with van der Waals surface area (Å²) in [5, 5.41) is 4.75. The van der Waals surface area contributed by atoms with Gasteiger partial charge in [-0.05, 0) is 47.0 Å². The van der Waals surface area contributed by atoms with Gasteiger partial charge < -0.3 is 10.2 Å². The SMILES string of the molecule is CC(NCC(C)(C)N(C)C)c1nc2ccccc2s1. The number of para-hydroxylation sites is 1. The maximum absolute atomic E-state index is 4.70. The summed E-state index contributed by atoms with van der Waals surface area (Å²) >= 11 is 1.78. The molecule has 19 heavy (non-hydrogen) atoms. The van der Waals surface area contributed by atoms with Crippen LogP contribution in [0, 0.1) is 0 Å². The van der Waals surface area contributed by atoms with E-state index in [9.17, 15) is 0 Å². The lowest BCUT2D eigenvalue weighted by Gasteiger charge is -2.33. The van der Waals surface area contributed by atoms with Crippen LogP contribution in [0.3, 0.4) is 0 Å². The van der Waals surface area contributed by atoms with E-state index in [0.29, 0.717) is 0 Å². The number of benzene rings is 1. The topological polar surface area (TPSA) is 28.2 Å². The lowest BCUT2D eigenvalue weighted by molar-refractivity contribution is 0.185. The normalized spacial score (nSPS) is 14.2. The molecule has 0 aliphatic rings. The van der Waals surface area contributed by atoms with Gasteiger partial charge in [-0.2, -0.15) is 0 Å². The number of thiazole rings is 1. The first-order valence-electron chi connectivity index (χ1n) is 6.66. The van der Waals surface area contributed by atoms with Gasteiger partial charge in [0.15, 0.2) is 0 Å². The zero-order valence-corrected chi connectivity index (χ0v) is 13.2. The first-order valence-corrected chi connectivity index (χ1v) is 7.48. The number of aromatic nitrogens is 1. The van der Waals surface area contributed by atoms with Gasteiger partial charge in [0.25, 0.3) is 0 Å². The highest BCUT2D eigenvalue weighted by Crippen LogP contribution is 2.26. The molecule has 0 bridgehead atoms. The van der Waals surface area contributed by atoms with E-state index in [1.165, 1.54) is 4.70 Å². The van der Waals surface area contributed by atoms with Crippen LogP contribution in [-0.2, 0) is 0 Å². The minimum Gasteiger partial charge on any atom is -0.306 e. The second-order valence-electron chi connectivity index (χ2n) is 5.83. The molecule has 1 heterocycles. The molecule has 2 rings (SSSR count). The Labute approximate surface area is 119 Å². The van der Waals surface area contributed by atoms with Gasteiger partial charge in [0.1, 0.15) is 5.01 Å². The molecule has 0 saturated heterocycles. The van der Waals surface area contributed by atoms with Gasteiger partial charge in [-0.1, -0.05) is 12.1 Å². The second kappa shape index (κ2) is 5.57. The van der Waals surface area contributed by atoms with Gasteiger partial charge >= 0.3 is 0 Å². The summed E-state index contributed by atoms with van der Waals surface area (Å²) in [6.45, 7) is 7.61. The Balaban J connectivity index is 2.05. The highest BCUT2D eigenvalue weighted by molar-refractivity contribution is 7.18. The van der Waals surface area contributed by atoms with Gasteiger partial charge in [0.05, 0.1) is 16.3 Å². The summed E-state index contributed by atoms with van der Waals surface area (Å²) in [5.74, 6) is 0. The van der Waals surface area contributed by atoms with E-state index in [2.05, 4.69) is 63.3 Å². The van der Waals surface area contributed by atoms with Gasteiger partial charge in [-0.3, -0.25) is 0 Å². The monoisotopic (exact) mass is 277 g/mol. The molecule has 0 fully saturated rings. The van der Waals surface area contributed by atoms with Crippen LogP contribution >= 0.6 is 11.3 Å². The highest BCUT2D eigenvalue weighted by Gasteiger charge is 2.21. The number of hydrogen-bond donors (Lipinski definition) is 1. The maximum atomic E-state index is 4.70. The smallest absolute Gasteiger partial charge is 0.111 e. The maximum Gasteiger partial charge on any atom is 0.111 e. The molecule has 4 heteroatoms. The zero-order valence-electron chi connectivity index (χ0n) is 12.4. The zero-order chi connectivity index (χ0) is 14.0. The Bertz CT molecular complexity index is 512. The molecule has 1 aromatic heterocycles. The fourth-order valence-corrected chi connectivity index (χ4v) is 2.72. The summed E-state index contributed by atoms with van der Waals surface area (Å²) in [7, 11) is 4.23. The number of fused-ring (bicyclic) bond motifs is 1. The minimum absolute atomic E-state index is 0.144. The molecule has 0 radical (unpaired) electrons. The van der Waals surface area contributed by atoms with E-state index >= 15 is 0 Å². The van der Waals surface area contributed by atoms with Gasteiger partial charge in [-0.15, -0.1) is 11.3 Å². The molecule has 1 unspecified atom stereocenters. The first kappa shape index (κ1) is 14.4. The van der Waals surface area contributed by atoms with Crippen LogP contribution in [0.25, 0.3) is 10.2 Å². The van der Waals surface area contributed by atoms with E-state index in [4.69, 9.17) is 4.98 Å². The molecule has 3 nitrogen and oxygen atoms in total. The van der Waals surface area contributed by atoms with Crippen LogP contribution in [0.15, 0.2) is 24.3 Å². The summed E-state index contributed by atoms with van der Waals surface area (Å²) in [6.07, 6.45) is 0. The van der Waals surface area contributed by atoms with Crippen molar-refractivity contribution in [3.05, 3.63) is 29.3 Å². The van der Waals surface area contributed by atoms with E-state index in [1.807, 2.05) is 6.07 Å². The van der Waals surface area contributed by atoms with Crippen molar-refractivity contribution < 1.29 is 0 Å². The molecule has 0 spiro atoms. The highest BCUT2D eigenvalue weighted by atomic mass is 32.1. The fraction of sp³-hybridized carbons (Fsp3) is 0.533. The van der Waals surface area contributed by atoms with Crippen molar-refractivity contribution in [2.45, 2.75) is 32.4 Å². The molecule has 2 aromatic rings. The number of likely N-dealkylation sites (N-methyl/N-ethyl adjacent to an activating group) is 1. The fourth-order valence-electron chi connectivity index (χ4n) is 1.72. The van der Waals surface area contributed by atoms with Crippen molar-refractivity contribution in [3.63, 3.8) is 0 Å². The van der Waals surface area contributed by atoms with Crippen molar-refractivity contribution in [1.29, 1.82) is 0 Å². The van der Waals surface area contributed by atoms with Crippen LogP contribution in [0.2, 0.25) is 0 Å². The van der Waals surface area contributed by atoms with Crippen molar-refractivity contribution in [1.82, 2.24) is 15.2 Å². The molecule has 0 amide bonds. The predicted molar refractivity (Wildman–Crippen MR) is 83.8 cm³/mol. The third kappa shape index (κ3) is 3.32. The Kier molecular flexibility index (Phi) is 4.23. The molecular weight excluding hydrogens is 254 g/mol. The molecule has 1 aromatic carbocycles. The Hall–Kier alpha value is -0.970. The van der Waals surface area contributed by atoms with Crippen LogP contribution in [0.1, 0.15) is 31.8 Å². The summed E-state index contributed by atoms with van der Waals surface area (Å²) in [4.78, 5) is 6.94. The first-order chi connectivity index (χ1) is 8.90. The number of rotatable bonds is 5. The molecule has 1 N–H and O–H groups in total. The summed E-state index contributed by atoms with van der Waals surface area (Å²) in [5.41, 5.74) is 1.24. The van der Waals surface area contributed by atoms with E-state index < -0.39 is 0 Å². The predicted octanol–water partition coefficient (Wildman–Crippen LogP) is 3.29. The van der Waals surface area contributed by atoms with E-state index in [0.717, 1.165) is 17.1 Å². The van der Waals surface area contributed by atoms with Gasteiger partial charge in [0, 0.05) is 12.1 Å². The quantitative estimate of drug-likeness (QED) is 0.909. The Morgan fingerprint density at radius 2 is 2.00 bits per heavy atom. The van der Waals surface area contributed by atoms with Crippen molar-refractivity contribution in [3.8, 4) is 0 Å². The largest absolute Gasteiger partial charge is 0.306 e. The third-order valence-electron chi connectivity index (χ3n) is 3.73. The number of nitrogens with one attached hydrogen (secondary N) is 1. The molecule has 0 aliphatic carbocycles. The molecule has 0 saturated carbocycles. The Morgan fingerprint density at radius 3 is 2.63 bits per heavy atom.